The van der Waals surface area contributed by atoms with Gasteiger partial charge in [0.2, 0.25) is 0 Å². The number of hydrogen-bond donors (Lipinski definition) is 2. The van der Waals surface area contributed by atoms with Crippen LogP contribution in [0.25, 0.3) is 0 Å². The number of anilines is 2. The van der Waals surface area contributed by atoms with Crippen LogP contribution in [0.4, 0.5) is 16.2 Å². The molecule has 0 aliphatic carbocycles. The van der Waals surface area contributed by atoms with Crippen molar-refractivity contribution in [2.24, 2.45) is 0 Å². The lowest BCUT2D eigenvalue weighted by Gasteiger charge is -2.11. The van der Waals surface area contributed by atoms with Crippen LogP contribution in [0.3, 0.4) is 0 Å². The minimum absolute atomic E-state index is 0.0365. The first-order valence-corrected chi connectivity index (χ1v) is 7.37. The van der Waals surface area contributed by atoms with Gasteiger partial charge in [-0.25, -0.2) is 4.79 Å². The minimum atomic E-state index is -0.342. The standard InChI is InChI=1S/C18H21N3O2/c1-13(22)15-5-4-6-17(11-15)20-18(23)19-16-9-7-14(8-10-16)12-21(2)3/h4-11H,12H2,1-3H3,(H2,19,20,23). The van der Waals surface area contributed by atoms with Crippen LogP contribution in [0.5, 0.6) is 0 Å². The smallest absolute Gasteiger partial charge is 0.308 e. The maximum Gasteiger partial charge on any atom is 0.323 e. The number of amides is 2. The average molecular weight is 311 g/mol. The molecule has 2 amide bonds. The fourth-order valence-corrected chi connectivity index (χ4v) is 2.17. The molecule has 0 bridgehead atoms. The van der Waals surface area contributed by atoms with Crippen molar-refractivity contribution < 1.29 is 9.59 Å². The molecule has 0 unspecified atom stereocenters. The van der Waals surface area contributed by atoms with Gasteiger partial charge in [-0.15, -0.1) is 0 Å². The molecule has 2 N–H and O–H groups in total. The molecule has 0 aliphatic heterocycles. The molecule has 2 rings (SSSR count). The normalized spacial score (nSPS) is 10.4. The van der Waals surface area contributed by atoms with Crippen LogP contribution in [0.15, 0.2) is 48.5 Å². The summed E-state index contributed by atoms with van der Waals surface area (Å²) >= 11 is 0. The van der Waals surface area contributed by atoms with E-state index in [0.717, 1.165) is 6.54 Å². The third kappa shape index (κ3) is 5.23. The largest absolute Gasteiger partial charge is 0.323 e. The maximum absolute atomic E-state index is 12.0. The lowest BCUT2D eigenvalue weighted by molar-refractivity contribution is 0.101. The molecular formula is C18H21N3O2. The Kier molecular flexibility index (Phi) is 5.49. The summed E-state index contributed by atoms with van der Waals surface area (Å²) in [5.74, 6) is -0.0365. The van der Waals surface area contributed by atoms with Crippen molar-refractivity contribution in [2.45, 2.75) is 13.5 Å². The number of nitrogens with zero attached hydrogens (tertiary/aromatic N) is 1. The number of Topliss-reactive ketones (excluding diaryl/α,β-unsaturated/α-hetero) is 1. The molecule has 5 heteroatoms. The third-order valence-electron chi connectivity index (χ3n) is 3.24. The van der Waals surface area contributed by atoms with Crippen LogP contribution < -0.4 is 10.6 Å². The summed E-state index contributed by atoms with van der Waals surface area (Å²) in [5, 5.41) is 5.49. The molecule has 0 saturated carbocycles. The number of hydrogen-bond acceptors (Lipinski definition) is 3. The fraction of sp³-hybridized carbons (Fsp3) is 0.222. The molecule has 0 aromatic heterocycles. The van der Waals surface area contributed by atoms with Gasteiger partial charge in [-0.1, -0.05) is 24.3 Å². The quantitative estimate of drug-likeness (QED) is 0.829. The topological polar surface area (TPSA) is 61.4 Å². The molecular weight excluding hydrogens is 290 g/mol. The van der Waals surface area contributed by atoms with Crippen molar-refractivity contribution in [1.82, 2.24) is 4.90 Å². The fourth-order valence-electron chi connectivity index (χ4n) is 2.17. The highest BCUT2D eigenvalue weighted by atomic mass is 16.2. The SMILES string of the molecule is CC(=O)c1cccc(NC(=O)Nc2ccc(CN(C)C)cc2)c1. The van der Waals surface area contributed by atoms with E-state index >= 15 is 0 Å². The van der Waals surface area contributed by atoms with Crippen LogP contribution in [0.1, 0.15) is 22.8 Å². The Balaban J connectivity index is 1.96. The van der Waals surface area contributed by atoms with Crippen molar-refractivity contribution in [3.05, 3.63) is 59.7 Å². The summed E-state index contributed by atoms with van der Waals surface area (Å²) in [7, 11) is 4.02. The average Bonchev–Trinajstić information content (AvgIpc) is 2.49. The van der Waals surface area contributed by atoms with E-state index in [0.29, 0.717) is 16.9 Å². The molecule has 120 valence electrons. The molecule has 0 radical (unpaired) electrons. The first-order chi connectivity index (χ1) is 10.9. The van der Waals surface area contributed by atoms with Gasteiger partial charge >= 0.3 is 6.03 Å². The van der Waals surface area contributed by atoms with Gasteiger partial charge < -0.3 is 15.5 Å². The molecule has 0 spiro atoms. The molecule has 0 fully saturated rings. The molecule has 0 saturated heterocycles. The Morgan fingerprint density at radius 3 is 2.22 bits per heavy atom. The molecule has 0 heterocycles. The summed E-state index contributed by atoms with van der Waals surface area (Å²) in [6, 6.07) is 14.2. The van der Waals surface area contributed by atoms with Gasteiger partial charge in [0.05, 0.1) is 0 Å². The van der Waals surface area contributed by atoms with Gasteiger partial charge in [0.15, 0.2) is 5.78 Å². The molecule has 2 aromatic rings. The molecule has 0 atom stereocenters. The van der Waals surface area contributed by atoms with Crippen LogP contribution in [-0.2, 0) is 6.54 Å². The van der Waals surface area contributed by atoms with Crippen molar-refractivity contribution in [1.29, 1.82) is 0 Å². The van der Waals surface area contributed by atoms with Crippen LogP contribution in [0.2, 0.25) is 0 Å². The van der Waals surface area contributed by atoms with Gasteiger partial charge in [0, 0.05) is 23.5 Å². The first kappa shape index (κ1) is 16.7. The summed E-state index contributed by atoms with van der Waals surface area (Å²) in [4.78, 5) is 25.4. The zero-order valence-corrected chi connectivity index (χ0v) is 13.6. The Hall–Kier alpha value is -2.66. The van der Waals surface area contributed by atoms with Crippen LogP contribution in [0, 0.1) is 0 Å². The second kappa shape index (κ2) is 7.56. The number of rotatable bonds is 5. The van der Waals surface area contributed by atoms with E-state index < -0.39 is 0 Å². The Bertz CT molecular complexity index is 694. The monoisotopic (exact) mass is 311 g/mol. The lowest BCUT2D eigenvalue weighted by Crippen LogP contribution is -2.19. The summed E-state index contributed by atoms with van der Waals surface area (Å²) < 4.78 is 0. The Labute approximate surface area is 136 Å². The van der Waals surface area contributed by atoms with E-state index in [1.54, 1.807) is 24.3 Å². The highest BCUT2D eigenvalue weighted by Crippen LogP contribution is 2.14. The zero-order chi connectivity index (χ0) is 16.8. The third-order valence-corrected chi connectivity index (χ3v) is 3.24. The van der Waals surface area contributed by atoms with Crippen molar-refractivity contribution >= 4 is 23.2 Å². The van der Waals surface area contributed by atoms with Gasteiger partial charge in [0.25, 0.3) is 0 Å². The van der Waals surface area contributed by atoms with Crippen molar-refractivity contribution in [2.75, 3.05) is 24.7 Å². The first-order valence-electron chi connectivity index (χ1n) is 7.37. The van der Waals surface area contributed by atoms with Gasteiger partial charge in [-0.2, -0.15) is 0 Å². The van der Waals surface area contributed by atoms with Crippen molar-refractivity contribution in [3.8, 4) is 0 Å². The lowest BCUT2D eigenvalue weighted by atomic mass is 10.1. The van der Waals surface area contributed by atoms with E-state index in [-0.39, 0.29) is 11.8 Å². The molecule has 5 nitrogen and oxygen atoms in total. The highest BCUT2D eigenvalue weighted by molar-refractivity contribution is 6.01. The molecule has 2 aromatic carbocycles. The van der Waals surface area contributed by atoms with Crippen LogP contribution >= 0.6 is 0 Å². The second-order valence-electron chi connectivity index (χ2n) is 5.65. The number of urea groups is 1. The summed E-state index contributed by atoms with van der Waals surface area (Å²) in [6.45, 7) is 2.35. The molecule has 23 heavy (non-hydrogen) atoms. The van der Waals surface area contributed by atoms with Gasteiger partial charge in [0.1, 0.15) is 0 Å². The van der Waals surface area contributed by atoms with E-state index in [9.17, 15) is 9.59 Å². The Morgan fingerprint density at radius 1 is 0.957 bits per heavy atom. The van der Waals surface area contributed by atoms with E-state index in [1.165, 1.54) is 12.5 Å². The highest BCUT2D eigenvalue weighted by Gasteiger charge is 2.05. The van der Waals surface area contributed by atoms with Gasteiger partial charge in [-0.3, -0.25) is 4.79 Å². The minimum Gasteiger partial charge on any atom is -0.308 e. The predicted octanol–water partition coefficient (Wildman–Crippen LogP) is 3.59. The summed E-state index contributed by atoms with van der Waals surface area (Å²) in [5.41, 5.74) is 3.04. The number of nitrogens with one attached hydrogen (secondary N) is 2. The van der Waals surface area contributed by atoms with Crippen molar-refractivity contribution in [3.63, 3.8) is 0 Å². The summed E-state index contributed by atoms with van der Waals surface area (Å²) in [6.07, 6.45) is 0. The number of carbonyl (C=O) groups is 2. The van der Waals surface area contributed by atoms with E-state index in [1.807, 2.05) is 38.4 Å². The zero-order valence-electron chi connectivity index (χ0n) is 13.6. The second-order valence-corrected chi connectivity index (χ2v) is 5.65. The predicted molar refractivity (Wildman–Crippen MR) is 92.9 cm³/mol. The number of ketones is 1. The number of carbonyl (C=O) groups excluding carboxylic acids is 2. The number of benzene rings is 2. The van der Waals surface area contributed by atoms with E-state index in [2.05, 4.69) is 15.5 Å². The van der Waals surface area contributed by atoms with Crippen LogP contribution in [-0.4, -0.2) is 30.8 Å². The Morgan fingerprint density at radius 2 is 1.61 bits per heavy atom. The van der Waals surface area contributed by atoms with E-state index in [4.69, 9.17) is 0 Å². The molecule has 0 aliphatic rings. The van der Waals surface area contributed by atoms with Gasteiger partial charge in [-0.05, 0) is 50.8 Å². The maximum atomic E-state index is 12.0.